The van der Waals surface area contributed by atoms with Gasteiger partial charge < -0.3 is 10.2 Å². The average Bonchev–Trinajstić information content (AvgIpc) is 2.81. The van der Waals surface area contributed by atoms with E-state index in [-0.39, 0.29) is 35.7 Å². The number of urea groups is 1. The number of likely N-dealkylation sites (tertiary alicyclic amines) is 1. The van der Waals surface area contributed by atoms with Crippen LogP contribution in [-0.2, 0) is 16.0 Å². The molecule has 2 aliphatic heterocycles. The molecular weight excluding hydrogens is 402 g/mol. The molecule has 1 aromatic rings. The van der Waals surface area contributed by atoms with E-state index in [2.05, 4.69) is 36.5 Å². The molecule has 2 saturated heterocycles. The lowest BCUT2D eigenvalue weighted by molar-refractivity contribution is -0.143. The lowest BCUT2D eigenvalue weighted by atomic mass is 9.75. The minimum absolute atomic E-state index is 0.0394. The van der Waals surface area contributed by atoms with E-state index < -0.39 is 0 Å². The van der Waals surface area contributed by atoms with Crippen molar-refractivity contribution in [3.05, 3.63) is 35.9 Å². The molecule has 174 valence electrons. The Morgan fingerprint density at radius 1 is 1.03 bits per heavy atom. The number of imide groups is 1. The van der Waals surface area contributed by atoms with Gasteiger partial charge in [-0.1, -0.05) is 50.1 Å². The summed E-state index contributed by atoms with van der Waals surface area (Å²) in [5, 5.41) is 3.04. The number of piperidine rings is 1. The molecule has 1 aliphatic carbocycles. The van der Waals surface area contributed by atoms with Gasteiger partial charge in [-0.2, -0.15) is 0 Å². The van der Waals surface area contributed by atoms with Crippen molar-refractivity contribution in [2.75, 3.05) is 19.6 Å². The maximum absolute atomic E-state index is 13.2. The highest BCUT2D eigenvalue weighted by Crippen LogP contribution is 2.35. The number of fused-ring (bicyclic) bond motifs is 1. The highest BCUT2D eigenvalue weighted by Gasteiger charge is 2.45. The van der Waals surface area contributed by atoms with Gasteiger partial charge in [0.15, 0.2) is 0 Å². The van der Waals surface area contributed by atoms with E-state index in [1.54, 1.807) is 0 Å². The number of nitrogens with one attached hydrogen (secondary N) is 1. The summed E-state index contributed by atoms with van der Waals surface area (Å²) in [7, 11) is 0. The summed E-state index contributed by atoms with van der Waals surface area (Å²) in [6.45, 7) is 4.25. The lowest BCUT2D eigenvalue weighted by Gasteiger charge is -2.43. The SMILES string of the molecule is CCCCCN1C(=O)NC2CC(C(=O)N3CCC(Cc4ccccc4)CC3)CCC2C1=O. The predicted octanol–water partition coefficient (Wildman–Crippen LogP) is 3.99. The molecule has 0 aromatic heterocycles. The highest BCUT2D eigenvalue weighted by atomic mass is 16.2. The van der Waals surface area contributed by atoms with Gasteiger partial charge in [0.05, 0.1) is 5.92 Å². The van der Waals surface area contributed by atoms with Crippen molar-refractivity contribution in [3.8, 4) is 0 Å². The molecule has 2 heterocycles. The van der Waals surface area contributed by atoms with Crippen molar-refractivity contribution in [1.29, 1.82) is 0 Å². The van der Waals surface area contributed by atoms with Crippen LogP contribution in [0.3, 0.4) is 0 Å². The van der Waals surface area contributed by atoms with E-state index in [0.717, 1.165) is 58.0 Å². The number of benzene rings is 1. The second-order valence-electron chi connectivity index (χ2n) is 9.83. The number of amides is 4. The Bertz CT molecular complexity index is 804. The number of nitrogens with zero attached hydrogens (tertiary/aromatic N) is 2. The van der Waals surface area contributed by atoms with Gasteiger partial charge in [0.25, 0.3) is 0 Å². The van der Waals surface area contributed by atoms with Crippen molar-refractivity contribution in [1.82, 2.24) is 15.1 Å². The molecular formula is C26H37N3O3. The number of hydrogen-bond acceptors (Lipinski definition) is 3. The number of carbonyl (C=O) groups excluding carboxylic acids is 3. The number of carbonyl (C=O) groups is 3. The molecule has 0 radical (unpaired) electrons. The molecule has 4 rings (SSSR count). The van der Waals surface area contributed by atoms with Gasteiger partial charge >= 0.3 is 6.03 Å². The Balaban J connectivity index is 1.27. The van der Waals surface area contributed by atoms with Crippen molar-refractivity contribution >= 4 is 17.8 Å². The molecule has 1 aromatic carbocycles. The predicted molar refractivity (Wildman–Crippen MR) is 124 cm³/mol. The third-order valence-corrected chi connectivity index (χ3v) is 7.62. The van der Waals surface area contributed by atoms with Crippen molar-refractivity contribution in [3.63, 3.8) is 0 Å². The summed E-state index contributed by atoms with van der Waals surface area (Å²) < 4.78 is 0. The minimum atomic E-state index is -0.276. The van der Waals surface area contributed by atoms with Crippen LogP contribution >= 0.6 is 0 Å². The molecule has 6 nitrogen and oxygen atoms in total. The van der Waals surface area contributed by atoms with Crippen LogP contribution in [0.2, 0.25) is 0 Å². The fourth-order valence-electron chi connectivity index (χ4n) is 5.68. The highest BCUT2D eigenvalue weighted by molar-refractivity contribution is 5.99. The van der Waals surface area contributed by atoms with Crippen LogP contribution in [0.15, 0.2) is 30.3 Å². The minimum Gasteiger partial charge on any atom is -0.342 e. The van der Waals surface area contributed by atoms with Crippen LogP contribution in [0.5, 0.6) is 0 Å². The first-order chi connectivity index (χ1) is 15.6. The molecule has 1 N–H and O–H groups in total. The zero-order chi connectivity index (χ0) is 22.5. The van der Waals surface area contributed by atoms with Gasteiger partial charge in [-0.15, -0.1) is 0 Å². The standard InChI is InChI=1S/C26H37N3O3/c1-2-3-7-14-29-25(31)22-11-10-21(18-23(22)27-26(29)32)24(30)28-15-12-20(13-16-28)17-19-8-5-4-6-9-19/h4-6,8-9,20-23H,2-3,7,10-18H2,1H3,(H,27,32). The van der Waals surface area contributed by atoms with Crippen LogP contribution in [0, 0.1) is 17.8 Å². The summed E-state index contributed by atoms with van der Waals surface area (Å²) in [4.78, 5) is 42.1. The Morgan fingerprint density at radius 3 is 2.50 bits per heavy atom. The zero-order valence-corrected chi connectivity index (χ0v) is 19.3. The molecule has 0 spiro atoms. The van der Waals surface area contributed by atoms with Crippen molar-refractivity contribution in [2.45, 2.75) is 70.8 Å². The van der Waals surface area contributed by atoms with Gasteiger partial charge in [0.1, 0.15) is 0 Å². The van der Waals surface area contributed by atoms with Crippen LogP contribution in [0.1, 0.15) is 63.9 Å². The fraction of sp³-hybridized carbons (Fsp3) is 0.654. The molecule has 1 saturated carbocycles. The van der Waals surface area contributed by atoms with Gasteiger partial charge in [0.2, 0.25) is 11.8 Å². The van der Waals surface area contributed by atoms with E-state index in [9.17, 15) is 14.4 Å². The fourth-order valence-corrected chi connectivity index (χ4v) is 5.68. The molecule has 3 unspecified atom stereocenters. The summed E-state index contributed by atoms with van der Waals surface area (Å²) in [5.41, 5.74) is 1.37. The topological polar surface area (TPSA) is 69.7 Å². The maximum Gasteiger partial charge on any atom is 0.324 e. The van der Waals surface area contributed by atoms with Gasteiger partial charge in [0, 0.05) is 31.6 Å². The second kappa shape index (κ2) is 10.5. The monoisotopic (exact) mass is 439 g/mol. The van der Waals surface area contributed by atoms with Crippen LogP contribution in [-0.4, -0.2) is 53.3 Å². The largest absolute Gasteiger partial charge is 0.342 e. The Morgan fingerprint density at radius 2 is 1.78 bits per heavy atom. The Labute approximate surface area is 191 Å². The van der Waals surface area contributed by atoms with Gasteiger partial charge in [-0.05, 0) is 56.4 Å². The molecule has 0 bridgehead atoms. The molecule has 32 heavy (non-hydrogen) atoms. The molecule has 6 heteroatoms. The van der Waals surface area contributed by atoms with Crippen molar-refractivity contribution < 1.29 is 14.4 Å². The maximum atomic E-state index is 13.2. The van der Waals surface area contributed by atoms with E-state index in [0.29, 0.717) is 25.3 Å². The summed E-state index contributed by atoms with van der Waals surface area (Å²) in [6.07, 6.45) is 8.12. The average molecular weight is 440 g/mol. The van der Waals surface area contributed by atoms with E-state index in [1.165, 1.54) is 10.5 Å². The van der Waals surface area contributed by atoms with Crippen LogP contribution in [0.4, 0.5) is 4.79 Å². The normalized spacial score (nSPS) is 26.6. The van der Waals surface area contributed by atoms with Crippen LogP contribution < -0.4 is 5.32 Å². The quantitative estimate of drug-likeness (QED) is 0.653. The summed E-state index contributed by atoms with van der Waals surface area (Å²) >= 11 is 0. The summed E-state index contributed by atoms with van der Waals surface area (Å²) in [5.74, 6) is 0.555. The first kappa shape index (κ1) is 22.8. The first-order valence-corrected chi connectivity index (χ1v) is 12.5. The summed E-state index contributed by atoms with van der Waals surface area (Å²) in [6, 6.07) is 10.1. The van der Waals surface area contributed by atoms with E-state index in [1.807, 2.05) is 11.0 Å². The lowest BCUT2D eigenvalue weighted by Crippen LogP contribution is -2.62. The smallest absolute Gasteiger partial charge is 0.324 e. The second-order valence-corrected chi connectivity index (χ2v) is 9.83. The number of rotatable bonds is 7. The van der Waals surface area contributed by atoms with E-state index >= 15 is 0 Å². The third-order valence-electron chi connectivity index (χ3n) is 7.62. The Kier molecular flexibility index (Phi) is 7.48. The molecule has 3 atom stereocenters. The van der Waals surface area contributed by atoms with E-state index in [4.69, 9.17) is 0 Å². The van der Waals surface area contributed by atoms with Crippen LogP contribution in [0.25, 0.3) is 0 Å². The van der Waals surface area contributed by atoms with Gasteiger partial charge in [-0.25, -0.2) is 4.79 Å². The number of hydrogen-bond donors (Lipinski definition) is 1. The molecule has 4 amide bonds. The first-order valence-electron chi connectivity index (χ1n) is 12.5. The molecule has 3 fully saturated rings. The number of unbranched alkanes of at least 4 members (excludes halogenated alkanes) is 2. The third kappa shape index (κ3) is 5.16. The van der Waals surface area contributed by atoms with Gasteiger partial charge in [-0.3, -0.25) is 14.5 Å². The Hall–Kier alpha value is -2.37. The van der Waals surface area contributed by atoms with Crippen molar-refractivity contribution in [2.24, 2.45) is 17.8 Å². The zero-order valence-electron chi connectivity index (χ0n) is 19.3. The molecule has 3 aliphatic rings.